The number of ketones is 2. The van der Waals surface area contributed by atoms with Crippen LogP contribution < -0.4 is 21.3 Å². The molecule has 15 rings (SSSR count). The molecule has 0 radical (unpaired) electrons. The van der Waals surface area contributed by atoms with Gasteiger partial charge in [0.05, 0.1) is 79.9 Å². The Morgan fingerprint density at radius 2 is 1.44 bits per heavy atom. The number of esters is 1. The molecule has 0 spiro atoms. The molecule has 7 aromatic rings. The topological polar surface area (TPSA) is 420 Å². The number of rotatable bonds is 19. The number of aliphatic hydroxyl groups is 2. The highest BCUT2D eigenvalue weighted by atomic mass is 16.6. The summed E-state index contributed by atoms with van der Waals surface area (Å²) in [6.07, 6.45) is 20.9. The summed E-state index contributed by atoms with van der Waals surface area (Å²) < 4.78 is 50.6. The molecular formula is C98H130N18O17. The number of hydrogen-bond donors (Lipinski definition) is 4. The second-order valence-corrected chi connectivity index (χ2v) is 37.4. The number of aliphatic hydroxyl groups excluding tert-OH is 1. The molecular weight excluding hydrogens is 1700 g/mol. The summed E-state index contributed by atoms with van der Waals surface area (Å²) in [5, 5.41) is 29.3. The van der Waals surface area contributed by atoms with Gasteiger partial charge in [-0.05, 0) is 149 Å². The minimum Gasteiger partial charge on any atom is -0.461 e. The van der Waals surface area contributed by atoms with Crippen molar-refractivity contribution in [3.05, 3.63) is 142 Å². The molecule has 1 aliphatic carbocycles. The first kappa shape index (κ1) is 96.5. The van der Waals surface area contributed by atoms with Crippen LogP contribution in [0.1, 0.15) is 176 Å². The number of cyclic esters (lactones) is 1. The van der Waals surface area contributed by atoms with Crippen LogP contribution in [0, 0.1) is 29.6 Å². The maximum absolute atomic E-state index is 14.9. The average molecular weight is 1830 g/mol. The van der Waals surface area contributed by atoms with E-state index in [2.05, 4.69) is 64.7 Å². The van der Waals surface area contributed by atoms with Crippen LogP contribution >= 0.6 is 0 Å². The highest BCUT2D eigenvalue weighted by Gasteiger charge is 2.53. The van der Waals surface area contributed by atoms with Crippen LogP contribution in [0.5, 0.6) is 0 Å². The van der Waals surface area contributed by atoms with Gasteiger partial charge in [0.25, 0.3) is 23.6 Å². The van der Waals surface area contributed by atoms with E-state index in [1.54, 1.807) is 64.7 Å². The summed E-state index contributed by atoms with van der Waals surface area (Å²) in [6.45, 7) is 20.2. The lowest BCUT2D eigenvalue weighted by Gasteiger charge is -2.42. The minimum atomic E-state index is -2.45. The van der Waals surface area contributed by atoms with Gasteiger partial charge >= 0.3 is 12.1 Å². The fraction of sp³-hybridized carbons (Fsp3) is 0.582. The smallest absolute Gasteiger partial charge is 0.410 e. The van der Waals surface area contributed by atoms with E-state index in [0.29, 0.717) is 219 Å². The van der Waals surface area contributed by atoms with Gasteiger partial charge in [0.2, 0.25) is 23.6 Å². The first-order chi connectivity index (χ1) is 64.2. The molecule has 35 nitrogen and oxygen atoms in total. The summed E-state index contributed by atoms with van der Waals surface area (Å²) in [5.41, 5.74) is 22.3. The number of ether oxygens (including phenoxy) is 7. The van der Waals surface area contributed by atoms with Crippen LogP contribution in [0.2, 0.25) is 0 Å². The second kappa shape index (κ2) is 44.0. The number of benzene rings is 2. The maximum atomic E-state index is 14.9. The van der Waals surface area contributed by atoms with Crippen molar-refractivity contribution in [1.82, 2.24) is 69.2 Å². The summed E-state index contributed by atoms with van der Waals surface area (Å²) in [5.74, 6) is -5.11. The number of nitrogen functional groups attached to an aromatic ring is 2. The summed E-state index contributed by atoms with van der Waals surface area (Å²) in [4.78, 5) is 144. The molecule has 5 aromatic heterocycles. The highest BCUT2D eigenvalue weighted by Crippen LogP contribution is 2.40. The summed E-state index contributed by atoms with van der Waals surface area (Å²) in [6, 6.07) is 10.8. The van der Waals surface area contributed by atoms with Crippen molar-refractivity contribution in [3.63, 3.8) is 0 Å². The lowest BCUT2D eigenvalue weighted by molar-refractivity contribution is -0.265. The number of oxazole rings is 1. The Morgan fingerprint density at radius 1 is 0.677 bits per heavy atom. The number of carbonyl (C=O) groups excluding carboxylic acids is 7. The average Bonchev–Trinajstić information content (AvgIpc) is 1.60. The number of anilines is 4. The first-order valence-corrected chi connectivity index (χ1v) is 47.4. The third-order valence-corrected chi connectivity index (χ3v) is 28.2. The van der Waals surface area contributed by atoms with Crippen molar-refractivity contribution in [3.8, 4) is 11.3 Å². The summed E-state index contributed by atoms with van der Waals surface area (Å²) >= 11 is 0. The Bertz CT molecular complexity index is 5410. The molecule has 133 heavy (non-hydrogen) atoms. The van der Waals surface area contributed by atoms with Crippen molar-refractivity contribution in [1.29, 1.82) is 0 Å². The van der Waals surface area contributed by atoms with Crippen LogP contribution in [0.4, 0.5) is 28.5 Å². The quantitative estimate of drug-likeness (QED) is 0.0253. The van der Waals surface area contributed by atoms with Crippen molar-refractivity contribution in [2.24, 2.45) is 29.6 Å². The van der Waals surface area contributed by atoms with Crippen molar-refractivity contribution in [2.75, 3.05) is 134 Å². The standard InChI is InChI=1S/C98H130N18O17/c1-60-15-11-10-12-16-61(2)82(126-7)51-74-24-18-65(6)98(125,133-74)88(120)92(122)115-31-14-13-17-77(115)93(123)130-73(50-83(127-8)64(5)46-63(4)79(118)52-78(117)62(3)45-60)25-20-66-21-26-81(84(48-66)128-9)132-97(124)114-33-29-75-72(58-114)55-103-96(107-75)112-40-38-110(39-41-112)85(119)30-43-129-44-42-109-34-36-111(37-35-109)95-101-53-71(54-102-95)91(121)113-32-28-68-47-67(19-22-70(68)57-113)56-116-90-86(89(99)104-59-105-90)87(108-116)69-23-27-80-76(49-69)106-94(100)131-80/h10-12,15-16,19,22-23,27,46-47,49,53-55,59-60,62,64-66,73-74,77,79,81-84,118,125H,13-14,17-18,20-21,24-26,28-45,48,50-52,56-58H2,1-9H3,(H2,100,106)(H2,99,104,105)/b12-10?,15-11+,61-16?,63-46+/t60-,62-,64-,65-,66-,73-,74?,77+,79+,81-,82+,83-,84-,98-/m1/s1. The molecule has 14 atom stereocenters. The zero-order valence-electron chi connectivity index (χ0n) is 78.1. The molecule has 12 heterocycles. The minimum absolute atomic E-state index is 0.0344. The van der Waals surface area contributed by atoms with Gasteiger partial charge in [-0.3, -0.25) is 28.9 Å². The van der Waals surface area contributed by atoms with Crippen LogP contribution in [0.3, 0.4) is 0 Å². The zero-order chi connectivity index (χ0) is 93.7. The monoisotopic (exact) mass is 1830 g/mol. The number of nitrogens with zero attached hydrogens (tertiary/aromatic N) is 16. The van der Waals surface area contributed by atoms with E-state index in [4.69, 9.17) is 64.1 Å². The van der Waals surface area contributed by atoms with Gasteiger partial charge < -0.3 is 88.7 Å². The summed E-state index contributed by atoms with van der Waals surface area (Å²) in [7, 11) is 4.79. The fourth-order valence-corrected chi connectivity index (χ4v) is 20.0. The van der Waals surface area contributed by atoms with Gasteiger partial charge in [-0.15, -0.1) is 0 Å². The molecule has 6 N–H and O–H groups in total. The molecule has 1 saturated carbocycles. The predicted octanol–water partition coefficient (Wildman–Crippen LogP) is 9.77. The lowest BCUT2D eigenvalue weighted by atomic mass is 9.81. The number of carbonyl (C=O) groups is 7. The second-order valence-electron chi connectivity index (χ2n) is 37.4. The number of nitrogens with two attached hydrogens (primary N) is 2. The normalized spacial score (nSPS) is 27.5. The zero-order valence-corrected chi connectivity index (χ0v) is 78.1. The number of aromatic nitrogens is 9. The molecule has 2 aromatic carbocycles. The van der Waals surface area contributed by atoms with Crippen molar-refractivity contribution < 1.29 is 81.4 Å². The molecule has 7 aliphatic heterocycles. The van der Waals surface area contributed by atoms with Gasteiger partial charge in [-0.25, -0.2) is 44.2 Å². The van der Waals surface area contributed by atoms with Gasteiger partial charge in [0.15, 0.2) is 11.2 Å². The Labute approximate surface area is 776 Å². The molecule has 2 bridgehead atoms. The number of allylic oxidation sites excluding steroid dienone is 5. The SMILES string of the molecule is CO[C@H]1CC2CC[C@@H](C)[C@@](O)(O2)C(=O)C(=O)N2CCCC[C@H]2C(=O)O[C@H](CC[C@@H]2CC[C@@H](OC(=O)N3CCc4nc(N5CCN(C(=O)CCOCCN6CCN(c7ncc(C(=O)N8CCc9cc(Cn%10nc(-c%11ccc%12oc(N)nc%12c%11)c%11c(N)ncnc%11%10)ccc9C8)cn7)CC6)CC5)ncc4C3)[C@H](OC)C2)C[C@@H](OC)[C@H](C)/C=C(\C)[C@@H](O)CC(=O)[C@H](C)C[C@H](C)/C=C/C=CC=C1C. The van der Waals surface area contributed by atoms with Crippen LogP contribution in [-0.2, 0) is 89.6 Å². The van der Waals surface area contributed by atoms with Crippen LogP contribution in [0.25, 0.3) is 33.4 Å². The van der Waals surface area contributed by atoms with E-state index in [-0.39, 0.29) is 86.1 Å². The van der Waals surface area contributed by atoms with E-state index < -0.39 is 84.2 Å². The first-order valence-electron chi connectivity index (χ1n) is 47.4. The van der Waals surface area contributed by atoms with E-state index in [1.165, 1.54) is 11.2 Å². The third-order valence-electron chi connectivity index (χ3n) is 28.2. The van der Waals surface area contributed by atoms with E-state index in [1.807, 2.05) is 83.8 Å². The number of piperazine rings is 2. The number of methoxy groups -OCH3 is 3. The third kappa shape index (κ3) is 23.3. The number of piperidine rings is 1. The fourth-order valence-electron chi connectivity index (χ4n) is 20.0. The predicted molar refractivity (Wildman–Crippen MR) is 497 cm³/mol. The largest absolute Gasteiger partial charge is 0.461 e. The van der Waals surface area contributed by atoms with Crippen molar-refractivity contribution in [2.45, 2.75) is 225 Å². The molecule has 4 amide bonds. The van der Waals surface area contributed by atoms with Crippen molar-refractivity contribution >= 4 is 87.2 Å². The number of hydrogen-bond acceptors (Lipinski definition) is 30. The Kier molecular flexibility index (Phi) is 31.9. The van der Waals surface area contributed by atoms with Gasteiger partial charge in [-0.1, -0.05) is 82.4 Å². The Balaban J connectivity index is 0.478. The molecule has 1 unspecified atom stereocenters. The van der Waals surface area contributed by atoms with Gasteiger partial charge in [0, 0.05) is 180 Å². The number of Topliss-reactive ketones (excluding diaryl/α,β-unsaturated/α-hetero) is 2. The van der Waals surface area contributed by atoms with E-state index in [0.717, 1.165) is 58.7 Å². The van der Waals surface area contributed by atoms with E-state index >= 15 is 0 Å². The number of amides is 4. The Morgan fingerprint density at radius 3 is 2.22 bits per heavy atom. The Hall–Kier alpha value is -11.1. The molecule has 4 saturated heterocycles. The van der Waals surface area contributed by atoms with E-state index in [9.17, 15) is 43.8 Å². The molecule has 5 fully saturated rings. The van der Waals surface area contributed by atoms with Gasteiger partial charge in [0.1, 0.15) is 47.4 Å². The van der Waals surface area contributed by atoms with Crippen LogP contribution in [-0.4, -0.2) is 288 Å². The highest BCUT2D eigenvalue weighted by molar-refractivity contribution is 6.39. The molecule has 714 valence electrons. The molecule has 35 heteroatoms. The lowest BCUT2D eigenvalue weighted by Crippen LogP contribution is -2.60. The maximum Gasteiger partial charge on any atom is 0.410 e. The van der Waals surface area contributed by atoms with Crippen LogP contribution in [0.15, 0.2) is 113 Å². The molecule has 8 aliphatic rings. The van der Waals surface area contributed by atoms with Gasteiger partial charge in [-0.2, -0.15) is 10.1 Å². The number of fused-ring (bicyclic) bond motifs is 7.